The Morgan fingerprint density at radius 3 is 2.37 bits per heavy atom. The maximum Gasteiger partial charge on any atom is 0.232 e. The summed E-state index contributed by atoms with van der Waals surface area (Å²) in [5.41, 5.74) is 1.92. The predicted octanol–water partition coefficient (Wildman–Crippen LogP) is 2.40. The maximum absolute atomic E-state index is 12.1. The second-order valence-corrected chi connectivity index (χ2v) is 8.18. The number of nitrogens with one attached hydrogen (secondary N) is 1. The highest BCUT2D eigenvalue weighted by Gasteiger charge is 2.19. The molecule has 0 atom stereocenters. The lowest BCUT2D eigenvalue weighted by Crippen LogP contribution is -2.35. The van der Waals surface area contributed by atoms with E-state index in [1.807, 2.05) is 30.3 Å². The van der Waals surface area contributed by atoms with Gasteiger partial charge in [-0.1, -0.05) is 42.5 Å². The van der Waals surface area contributed by atoms with Crippen molar-refractivity contribution in [3.8, 4) is 0 Å². The maximum atomic E-state index is 12.1. The van der Waals surface area contributed by atoms with Crippen LogP contribution in [-0.4, -0.2) is 39.5 Å². The molecule has 0 aromatic heterocycles. The van der Waals surface area contributed by atoms with Crippen molar-refractivity contribution in [2.75, 3.05) is 23.7 Å². The molecule has 1 N–H and O–H groups in total. The number of benzene rings is 2. The van der Waals surface area contributed by atoms with Gasteiger partial charge >= 0.3 is 0 Å². The number of carbonyl (C=O) groups excluding carboxylic acids is 2. The predicted molar refractivity (Wildman–Crippen MR) is 106 cm³/mol. The number of Topliss-reactive ketones (excluding diaryl/α,β-unsaturated/α-hetero) is 1. The molecule has 0 fully saturated rings. The zero-order valence-electron chi connectivity index (χ0n) is 15.5. The molecule has 2 aromatic rings. The molecular formula is C20H24N2O4S. The van der Waals surface area contributed by atoms with E-state index in [4.69, 9.17) is 0 Å². The molecule has 0 unspecified atom stereocenters. The lowest BCUT2D eigenvalue weighted by Gasteiger charge is -2.22. The fourth-order valence-corrected chi connectivity index (χ4v) is 3.57. The Kier molecular flexibility index (Phi) is 7.12. The molecule has 7 heteroatoms. The highest BCUT2D eigenvalue weighted by molar-refractivity contribution is 7.92. The summed E-state index contributed by atoms with van der Waals surface area (Å²) in [5, 5.41) is 2.80. The molecular weight excluding hydrogens is 364 g/mol. The smallest absolute Gasteiger partial charge is 0.232 e. The molecule has 0 aliphatic carbocycles. The zero-order valence-corrected chi connectivity index (χ0v) is 16.3. The van der Waals surface area contributed by atoms with Crippen molar-refractivity contribution in [2.24, 2.45) is 0 Å². The topological polar surface area (TPSA) is 83.6 Å². The number of anilines is 1. The Bertz CT molecular complexity index is 895. The van der Waals surface area contributed by atoms with E-state index in [0.29, 0.717) is 24.2 Å². The Morgan fingerprint density at radius 1 is 1.04 bits per heavy atom. The molecule has 2 aromatic carbocycles. The van der Waals surface area contributed by atoms with Crippen LogP contribution in [0.1, 0.15) is 29.3 Å². The van der Waals surface area contributed by atoms with Crippen molar-refractivity contribution in [3.05, 3.63) is 65.7 Å². The molecule has 27 heavy (non-hydrogen) atoms. The second kappa shape index (κ2) is 9.32. The summed E-state index contributed by atoms with van der Waals surface area (Å²) in [6.45, 7) is 1.92. The Morgan fingerprint density at radius 2 is 1.74 bits per heavy atom. The van der Waals surface area contributed by atoms with Crippen LogP contribution in [-0.2, 0) is 21.2 Å². The van der Waals surface area contributed by atoms with Crippen LogP contribution < -0.4 is 9.62 Å². The molecule has 0 aliphatic heterocycles. The average Bonchev–Trinajstić information content (AvgIpc) is 2.62. The lowest BCUT2D eigenvalue weighted by atomic mass is 10.1. The van der Waals surface area contributed by atoms with Crippen molar-refractivity contribution in [2.45, 2.75) is 19.8 Å². The number of hydrogen-bond acceptors (Lipinski definition) is 4. The molecule has 144 valence electrons. The van der Waals surface area contributed by atoms with Gasteiger partial charge in [-0.3, -0.25) is 13.9 Å². The van der Waals surface area contributed by atoms with Gasteiger partial charge in [0.25, 0.3) is 0 Å². The van der Waals surface area contributed by atoms with E-state index in [0.717, 1.165) is 16.1 Å². The van der Waals surface area contributed by atoms with Gasteiger partial charge in [-0.2, -0.15) is 0 Å². The molecule has 0 radical (unpaired) electrons. The highest BCUT2D eigenvalue weighted by atomic mass is 32.2. The van der Waals surface area contributed by atoms with Crippen LogP contribution in [0.4, 0.5) is 5.69 Å². The van der Waals surface area contributed by atoms with Crippen molar-refractivity contribution < 1.29 is 18.0 Å². The van der Waals surface area contributed by atoms with Crippen LogP contribution in [0, 0.1) is 0 Å². The Balaban J connectivity index is 1.95. The number of hydrogen-bond donors (Lipinski definition) is 1. The molecule has 0 saturated carbocycles. The first kappa shape index (κ1) is 20.6. The van der Waals surface area contributed by atoms with Gasteiger partial charge in [0.2, 0.25) is 15.9 Å². The number of ketones is 1. The van der Waals surface area contributed by atoms with Gasteiger partial charge in [0.15, 0.2) is 5.78 Å². The lowest BCUT2D eigenvalue weighted by molar-refractivity contribution is -0.120. The van der Waals surface area contributed by atoms with Crippen molar-refractivity contribution in [1.82, 2.24) is 5.32 Å². The minimum absolute atomic E-state index is 0.0113. The number of rotatable bonds is 9. The fourth-order valence-electron chi connectivity index (χ4n) is 2.65. The van der Waals surface area contributed by atoms with Gasteiger partial charge < -0.3 is 5.32 Å². The van der Waals surface area contributed by atoms with Crippen LogP contribution in [0.25, 0.3) is 0 Å². The molecule has 0 bridgehead atoms. The third-order valence-corrected chi connectivity index (χ3v) is 5.26. The van der Waals surface area contributed by atoms with E-state index in [1.165, 1.54) is 13.0 Å². The van der Waals surface area contributed by atoms with Gasteiger partial charge in [0.05, 0.1) is 11.9 Å². The number of amides is 1. The molecule has 0 aliphatic rings. The van der Waals surface area contributed by atoms with E-state index >= 15 is 0 Å². The van der Waals surface area contributed by atoms with Crippen LogP contribution >= 0.6 is 0 Å². The zero-order chi connectivity index (χ0) is 19.9. The Hall–Kier alpha value is -2.67. The molecule has 2 rings (SSSR count). The summed E-state index contributed by atoms with van der Waals surface area (Å²) in [6, 6.07) is 16.2. The van der Waals surface area contributed by atoms with Gasteiger partial charge in [-0.25, -0.2) is 8.42 Å². The van der Waals surface area contributed by atoms with E-state index in [1.54, 1.807) is 18.2 Å². The third kappa shape index (κ3) is 6.53. The van der Waals surface area contributed by atoms with Crippen LogP contribution in [0.2, 0.25) is 0 Å². The number of sulfonamides is 1. The summed E-state index contributed by atoms with van der Waals surface area (Å²) < 4.78 is 25.4. The van der Waals surface area contributed by atoms with Crippen molar-refractivity contribution >= 4 is 27.4 Å². The number of carbonyl (C=O) groups is 2. The van der Waals surface area contributed by atoms with Gasteiger partial charge in [-0.15, -0.1) is 0 Å². The van der Waals surface area contributed by atoms with Crippen LogP contribution in [0.3, 0.4) is 0 Å². The van der Waals surface area contributed by atoms with Crippen LogP contribution in [0.5, 0.6) is 0 Å². The summed E-state index contributed by atoms with van der Waals surface area (Å²) in [5.74, 6) is -0.369. The quantitative estimate of drug-likeness (QED) is 0.669. The van der Waals surface area contributed by atoms with Gasteiger partial charge in [-0.05, 0) is 31.0 Å². The molecule has 0 saturated heterocycles. The monoisotopic (exact) mass is 388 g/mol. The van der Waals surface area contributed by atoms with Crippen molar-refractivity contribution in [3.63, 3.8) is 0 Å². The standard InChI is InChI=1S/C20H24N2O4S/c1-16(23)18-9-6-10-19(15-18)22(27(2,25)26)14-12-20(24)21-13-11-17-7-4-3-5-8-17/h3-10,15H,11-14H2,1-2H3,(H,21,24). The fraction of sp³-hybridized carbons (Fsp3) is 0.300. The third-order valence-electron chi connectivity index (χ3n) is 4.06. The van der Waals surface area contributed by atoms with E-state index in [-0.39, 0.29) is 24.7 Å². The summed E-state index contributed by atoms with van der Waals surface area (Å²) >= 11 is 0. The first-order chi connectivity index (χ1) is 12.8. The Labute approximate surface area is 160 Å². The molecule has 6 nitrogen and oxygen atoms in total. The first-order valence-electron chi connectivity index (χ1n) is 8.66. The summed E-state index contributed by atoms with van der Waals surface area (Å²) in [7, 11) is -3.58. The van der Waals surface area contributed by atoms with Crippen LogP contribution in [0.15, 0.2) is 54.6 Å². The van der Waals surface area contributed by atoms with E-state index in [9.17, 15) is 18.0 Å². The summed E-state index contributed by atoms with van der Waals surface area (Å²) in [6.07, 6.45) is 1.83. The van der Waals surface area contributed by atoms with Gasteiger partial charge in [0.1, 0.15) is 0 Å². The van der Waals surface area contributed by atoms with E-state index in [2.05, 4.69) is 5.32 Å². The normalized spacial score (nSPS) is 11.0. The molecule has 1 amide bonds. The minimum Gasteiger partial charge on any atom is -0.356 e. The molecule has 0 heterocycles. The largest absolute Gasteiger partial charge is 0.356 e. The highest BCUT2D eigenvalue weighted by Crippen LogP contribution is 2.20. The van der Waals surface area contributed by atoms with Gasteiger partial charge in [0, 0.05) is 25.1 Å². The summed E-state index contributed by atoms with van der Waals surface area (Å²) in [4.78, 5) is 23.6. The van der Waals surface area contributed by atoms with Crippen molar-refractivity contribution in [1.29, 1.82) is 0 Å². The second-order valence-electron chi connectivity index (χ2n) is 6.28. The number of nitrogens with zero attached hydrogens (tertiary/aromatic N) is 1. The molecule has 0 spiro atoms. The minimum atomic E-state index is -3.58. The first-order valence-corrected chi connectivity index (χ1v) is 10.5. The van der Waals surface area contributed by atoms with E-state index < -0.39 is 10.0 Å². The average molecular weight is 388 g/mol. The SMILES string of the molecule is CC(=O)c1cccc(N(CCC(=O)NCCc2ccccc2)S(C)(=O)=O)c1.